The van der Waals surface area contributed by atoms with E-state index in [0.29, 0.717) is 12.0 Å². The van der Waals surface area contributed by atoms with Crippen LogP contribution in [-0.4, -0.2) is 26.3 Å². The van der Waals surface area contributed by atoms with Crippen molar-refractivity contribution in [1.82, 2.24) is 5.32 Å². The highest BCUT2D eigenvalue weighted by atomic mass is 16.5. The van der Waals surface area contributed by atoms with Crippen LogP contribution in [0.5, 0.6) is 0 Å². The van der Waals surface area contributed by atoms with Gasteiger partial charge in [-0.1, -0.05) is 30.3 Å². The number of rotatable bonds is 4. The van der Waals surface area contributed by atoms with Gasteiger partial charge in [0, 0.05) is 19.1 Å². The first kappa shape index (κ1) is 10.7. The van der Waals surface area contributed by atoms with Gasteiger partial charge in [-0.15, -0.1) is 0 Å². The summed E-state index contributed by atoms with van der Waals surface area (Å²) < 4.78 is 5.78. The van der Waals surface area contributed by atoms with Crippen molar-refractivity contribution >= 4 is 0 Å². The molecule has 1 aliphatic heterocycles. The fraction of sp³-hybridized carbons (Fsp3) is 0.538. The lowest BCUT2D eigenvalue weighted by molar-refractivity contribution is 0.0910. The van der Waals surface area contributed by atoms with Gasteiger partial charge in [0.2, 0.25) is 0 Å². The standard InChI is InChI=1S/C13H19NO/c1-14-10-12-7-8-15-13(12)9-11-5-3-2-4-6-11/h2-6,12-14H,7-10H2,1H3. The average Bonchev–Trinajstić information content (AvgIpc) is 2.68. The summed E-state index contributed by atoms with van der Waals surface area (Å²) in [7, 11) is 2.01. The van der Waals surface area contributed by atoms with E-state index in [2.05, 4.69) is 35.6 Å². The third-order valence-corrected chi connectivity index (χ3v) is 3.09. The van der Waals surface area contributed by atoms with Gasteiger partial charge < -0.3 is 10.1 Å². The molecular formula is C13H19NO. The zero-order valence-electron chi connectivity index (χ0n) is 9.28. The van der Waals surface area contributed by atoms with Crippen molar-refractivity contribution in [2.45, 2.75) is 18.9 Å². The summed E-state index contributed by atoms with van der Waals surface area (Å²) in [6, 6.07) is 10.6. The van der Waals surface area contributed by atoms with Crippen LogP contribution >= 0.6 is 0 Å². The number of hydrogen-bond donors (Lipinski definition) is 1. The molecule has 2 unspecified atom stereocenters. The van der Waals surface area contributed by atoms with Crippen LogP contribution in [0.1, 0.15) is 12.0 Å². The van der Waals surface area contributed by atoms with Gasteiger partial charge in [0.1, 0.15) is 0 Å². The van der Waals surface area contributed by atoms with Gasteiger partial charge in [-0.2, -0.15) is 0 Å². The molecule has 0 radical (unpaired) electrons. The highest BCUT2D eigenvalue weighted by molar-refractivity contribution is 5.16. The SMILES string of the molecule is CNCC1CCOC1Cc1ccccc1. The second-order valence-corrected chi connectivity index (χ2v) is 4.21. The smallest absolute Gasteiger partial charge is 0.0656 e. The Balaban J connectivity index is 1.93. The van der Waals surface area contributed by atoms with Gasteiger partial charge >= 0.3 is 0 Å². The molecule has 0 saturated carbocycles. The van der Waals surface area contributed by atoms with E-state index in [1.807, 2.05) is 7.05 Å². The van der Waals surface area contributed by atoms with Crippen LogP contribution in [0.3, 0.4) is 0 Å². The van der Waals surface area contributed by atoms with E-state index in [-0.39, 0.29) is 0 Å². The number of nitrogens with one attached hydrogen (secondary N) is 1. The largest absolute Gasteiger partial charge is 0.378 e. The van der Waals surface area contributed by atoms with E-state index in [1.165, 1.54) is 12.0 Å². The molecule has 1 heterocycles. The van der Waals surface area contributed by atoms with Crippen molar-refractivity contribution in [1.29, 1.82) is 0 Å². The van der Waals surface area contributed by atoms with E-state index in [0.717, 1.165) is 19.6 Å². The highest BCUT2D eigenvalue weighted by Crippen LogP contribution is 2.23. The molecule has 2 heteroatoms. The first-order chi connectivity index (χ1) is 7.40. The van der Waals surface area contributed by atoms with E-state index in [1.54, 1.807) is 0 Å². The van der Waals surface area contributed by atoms with Crippen molar-refractivity contribution in [3.8, 4) is 0 Å². The quantitative estimate of drug-likeness (QED) is 0.810. The second-order valence-electron chi connectivity index (χ2n) is 4.21. The lowest BCUT2D eigenvalue weighted by Crippen LogP contribution is -2.27. The molecule has 15 heavy (non-hydrogen) atoms. The maximum Gasteiger partial charge on any atom is 0.0656 e. The predicted octanol–water partition coefficient (Wildman–Crippen LogP) is 1.85. The minimum atomic E-state index is 0.403. The van der Waals surface area contributed by atoms with Gasteiger partial charge in [0.15, 0.2) is 0 Å². The summed E-state index contributed by atoms with van der Waals surface area (Å²) >= 11 is 0. The van der Waals surface area contributed by atoms with Gasteiger partial charge in [0.05, 0.1) is 6.10 Å². The average molecular weight is 205 g/mol. The summed E-state index contributed by atoms with van der Waals surface area (Å²) in [6.45, 7) is 1.99. The van der Waals surface area contributed by atoms with Gasteiger partial charge in [-0.05, 0) is 25.5 Å². The van der Waals surface area contributed by atoms with Gasteiger partial charge in [-0.3, -0.25) is 0 Å². The first-order valence-electron chi connectivity index (χ1n) is 5.70. The maximum atomic E-state index is 5.78. The Morgan fingerprint density at radius 2 is 2.13 bits per heavy atom. The molecular weight excluding hydrogens is 186 g/mol. The summed E-state index contributed by atoms with van der Waals surface area (Å²) in [6.07, 6.45) is 2.64. The molecule has 0 aliphatic carbocycles. The van der Waals surface area contributed by atoms with E-state index < -0.39 is 0 Å². The summed E-state index contributed by atoms with van der Waals surface area (Å²) in [4.78, 5) is 0. The van der Waals surface area contributed by atoms with Crippen molar-refractivity contribution in [3.63, 3.8) is 0 Å². The Hall–Kier alpha value is -0.860. The minimum Gasteiger partial charge on any atom is -0.378 e. The Labute approximate surface area is 91.6 Å². The van der Waals surface area contributed by atoms with E-state index in [9.17, 15) is 0 Å². The molecule has 1 aromatic carbocycles. The molecule has 0 amide bonds. The minimum absolute atomic E-state index is 0.403. The molecule has 1 saturated heterocycles. The third kappa shape index (κ3) is 2.80. The first-order valence-corrected chi connectivity index (χ1v) is 5.70. The molecule has 2 rings (SSSR count). The molecule has 0 bridgehead atoms. The number of ether oxygens (including phenoxy) is 1. The molecule has 1 N–H and O–H groups in total. The van der Waals surface area contributed by atoms with Crippen molar-refractivity contribution in [3.05, 3.63) is 35.9 Å². The monoisotopic (exact) mass is 205 g/mol. The molecule has 0 aromatic heterocycles. The van der Waals surface area contributed by atoms with Crippen LogP contribution in [0.2, 0.25) is 0 Å². The summed E-state index contributed by atoms with van der Waals surface area (Å²) in [5, 5.41) is 3.25. The van der Waals surface area contributed by atoms with Crippen molar-refractivity contribution in [2.75, 3.05) is 20.2 Å². The van der Waals surface area contributed by atoms with Crippen LogP contribution in [0.25, 0.3) is 0 Å². The Bertz CT molecular complexity index is 286. The Kier molecular flexibility index (Phi) is 3.75. The molecule has 1 fully saturated rings. The molecule has 1 aliphatic rings. The predicted molar refractivity (Wildman–Crippen MR) is 61.9 cm³/mol. The fourth-order valence-electron chi connectivity index (χ4n) is 2.26. The maximum absolute atomic E-state index is 5.78. The number of benzene rings is 1. The van der Waals surface area contributed by atoms with Crippen LogP contribution in [-0.2, 0) is 11.2 Å². The molecule has 1 aromatic rings. The normalized spacial score (nSPS) is 25.7. The molecule has 0 spiro atoms. The van der Waals surface area contributed by atoms with Crippen molar-refractivity contribution in [2.24, 2.45) is 5.92 Å². The molecule has 82 valence electrons. The van der Waals surface area contributed by atoms with E-state index >= 15 is 0 Å². The molecule has 2 nitrogen and oxygen atoms in total. The third-order valence-electron chi connectivity index (χ3n) is 3.09. The zero-order valence-corrected chi connectivity index (χ0v) is 9.28. The summed E-state index contributed by atoms with van der Waals surface area (Å²) in [5.74, 6) is 0.676. The van der Waals surface area contributed by atoms with Crippen LogP contribution in [0, 0.1) is 5.92 Å². The second kappa shape index (κ2) is 5.29. The zero-order chi connectivity index (χ0) is 10.5. The van der Waals surface area contributed by atoms with E-state index in [4.69, 9.17) is 4.74 Å². The lowest BCUT2D eigenvalue weighted by atomic mass is 9.96. The summed E-state index contributed by atoms with van der Waals surface area (Å²) in [5.41, 5.74) is 1.38. The molecule has 2 atom stereocenters. The van der Waals surface area contributed by atoms with Crippen molar-refractivity contribution < 1.29 is 4.74 Å². The van der Waals surface area contributed by atoms with Crippen LogP contribution in [0.15, 0.2) is 30.3 Å². The highest BCUT2D eigenvalue weighted by Gasteiger charge is 2.27. The number of hydrogen-bond acceptors (Lipinski definition) is 2. The van der Waals surface area contributed by atoms with Gasteiger partial charge in [-0.25, -0.2) is 0 Å². The Morgan fingerprint density at radius 1 is 1.33 bits per heavy atom. The fourth-order valence-corrected chi connectivity index (χ4v) is 2.26. The van der Waals surface area contributed by atoms with Gasteiger partial charge in [0.25, 0.3) is 0 Å². The van der Waals surface area contributed by atoms with Crippen LogP contribution in [0.4, 0.5) is 0 Å². The van der Waals surface area contributed by atoms with Crippen LogP contribution < -0.4 is 5.32 Å². The topological polar surface area (TPSA) is 21.3 Å². The lowest BCUT2D eigenvalue weighted by Gasteiger charge is -2.18. The Morgan fingerprint density at radius 3 is 2.87 bits per heavy atom.